The summed E-state index contributed by atoms with van der Waals surface area (Å²) >= 11 is 0. The fraction of sp³-hybridized carbons (Fsp3) is 0.778. The third-order valence-corrected chi connectivity index (χ3v) is 8.20. The van der Waals surface area contributed by atoms with Crippen molar-refractivity contribution in [1.29, 1.82) is 0 Å². The van der Waals surface area contributed by atoms with Crippen LogP contribution in [0.15, 0.2) is 18.2 Å². The quantitative estimate of drug-likeness (QED) is 0.455. The summed E-state index contributed by atoms with van der Waals surface area (Å²) in [6.07, 6.45) is 18.3. The van der Waals surface area contributed by atoms with Crippen molar-refractivity contribution in [3.63, 3.8) is 0 Å². The van der Waals surface area contributed by atoms with Crippen LogP contribution in [0.3, 0.4) is 0 Å². The van der Waals surface area contributed by atoms with Crippen LogP contribution in [0.1, 0.15) is 94.7 Å². The van der Waals surface area contributed by atoms with Crippen molar-refractivity contribution in [2.24, 2.45) is 23.7 Å². The molecule has 0 aliphatic heterocycles. The van der Waals surface area contributed by atoms with Gasteiger partial charge in [0.25, 0.3) is 0 Å². The zero-order valence-electron chi connectivity index (χ0n) is 18.4. The molecule has 2 saturated carbocycles. The average molecular weight is 383 g/mol. The second-order valence-electron chi connectivity index (χ2n) is 10.1. The number of hydrogen-bond acceptors (Lipinski definition) is 1. The highest BCUT2D eigenvalue weighted by Gasteiger charge is 2.38. The van der Waals surface area contributed by atoms with Crippen molar-refractivity contribution < 1.29 is 4.74 Å². The van der Waals surface area contributed by atoms with E-state index in [0.29, 0.717) is 6.10 Å². The molecule has 0 saturated heterocycles. The number of rotatable bonds is 7. The maximum atomic E-state index is 6.18. The van der Waals surface area contributed by atoms with Crippen LogP contribution in [0.25, 0.3) is 0 Å². The van der Waals surface area contributed by atoms with Gasteiger partial charge >= 0.3 is 0 Å². The standard InChI is InChI=1S/C27H42O/c1-3-5-15-28-27-14-13-25-18-24(11-12-26(25)19-27)23-10-9-21-16-20(6-4-2)7-8-22(21)17-23/h7-8,16,23-27H,3-6,9-15,17-19H2,1-2H3. The third-order valence-electron chi connectivity index (χ3n) is 8.20. The number of aryl methyl sites for hydroxylation is 2. The lowest BCUT2D eigenvalue weighted by Gasteiger charge is -2.45. The predicted molar refractivity (Wildman–Crippen MR) is 119 cm³/mol. The molecule has 0 bridgehead atoms. The van der Waals surface area contributed by atoms with Gasteiger partial charge in [-0.1, -0.05) is 44.9 Å². The van der Waals surface area contributed by atoms with Gasteiger partial charge in [0.15, 0.2) is 0 Å². The Morgan fingerprint density at radius 1 is 0.821 bits per heavy atom. The Labute approximate surface area is 173 Å². The molecule has 0 heterocycles. The van der Waals surface area contributed by atoms with Crippen LogP contribution in [0, 0.1) is 23.7 Å². The first-order valence-electron chi connectivity index (χ1n) is 12.5. The highest BCUT2D eigenvalue weighted by atomic mass is 16.5. The zero-order chi connectivity index (χ0) is 19.3. The minimum atomic E-state index is 0.572. The van der Waals surface area contributed by atoms with Crippen LogP contribution in [-0.2, 0) is 24.0 Å². The predicted octanol–water partition coefficient (Wildman–Crippen LogP) is 7.15. The van der Waals surface area contributed by atoms with E-state index in [1.165, 1.54) is 83.5 Å². The second kappa shape index (κ2) is 9.79. The molecule has 0 N–H and O–H groups in total. The molecule has 5 atom stereocenters. The Kier molecular flexibility index (Phi) is 7.15. The van der Waals surface area contributed by atoms with E-state index in [-0.39, 0.29) is 0 Å². The van der Waals surface area contributed by atoms with Gasteiger partial charge in [-0.2, -0.15) is 0 Å². The number of unbranched alkanes of at least 4 members (excludes halogenated alkanes) is 1. The van der Waals surface area contributed by atoms with Crippen molar-refractivity contribution in [2.75, 3.05) is 6.61 Å². The summed E-state index contributed by atoms with van der Waals surface area (Å²) in [6.45, 7) is 5.54. The Bertz CT molecular complexity index is 621. The number of ether oxygens (including phenoxy) is 1. The van der Waals surface area contributed by atoms with E-state index in [9.17, 15) is 0 Å². The van der Waals surface area contributed by atoms with Gasteiger partial charge in [0.05, 0.1) is 6.10 Å². The van der Waals surface area contributed by atoms with Crippen LogP contribution in [0.2, 0.25) is 0 Å². The molecule has 2 fully saturated rings. The Balaban J connectivity index is 1.29. The number of hydrogen-bond donors (Lipinski definition) is 0. The largest absolute Gasteiger partial charge is 0.378 e. The zero-order valence-corrected chi connectivity index (χ0v) is 18.4. The molecule has 3 aliphatic rings. The summed E-state index contributed by atoms with van der Waals surface area (Å²) in [5.41, 5.74) is 4.89. The Morgan fingerprint density at radius 3 is 2.43 bits per heavy atom. The molecular weight excluding hydrogens is 340 g/mol. The molecule has 156 valence electrons. The van der Waals surface area contributed by atoms with Crippen molar-refractivity contribution in [3.05, 3.63) is 34.9 Å². The molecule has 1 aromatic rings. The van der Waals surface area contributed by atoms with Crippen molar-refractivity contribution in [1.82, 2.24) is 0 Å². The van der Waals surface area contributed by atoms with Gasteiger partial charge in [-0.3, -0.25) is 0 Å². The summed E-state index contributed by atoms with van der Waals surface area (Å²) in [5, 5.41) is 0. The normalized spacial score (nSPS) is 32.6. The van der Waals surface area contributed by atoms with Crippen molar-refractivity contribution in [3.8, 4) is 0 Å². The molecule has 0 spiro atoms. The van der Waals surface area contributed by atoms with Gasteiger partial charge < -0.3 is 4.74 Å². The van der Waals surface area contributed by atoms with Crippen LogP contribution in [-0.4, -0.2) is 12.7 Å². The van der Waals surface area contributed by atoms with Gasteiger partial charge in [0.2, 0.25) is 0 Å². The fourth-order valence-corrected chi connectivity index (χ4v) is 6.54. The monoisotopic (exact) mass is 382 g/mol. The SMILES string of the molecule is CCCCOC1CCC2CC(C3CCc4cc(CCC)ccc4C3)CCC2C1. The third kappa shape index (κ3) is 4.84. The van der Waals surface area contributed by atoms with Crippen molar-refractivity contribution in [2.45, 2.75) is 103 Å². The highest BCUT2D eigenvalue weighted by Crippen LogP contribution is 2.47. The lowest BCUT2D eigenvalue weighted by molar-refractivity contribution is -0.0247. The van der Waals surface area contributed by atoms with E-state index in [0.717, 1.165) is 30.3 Å². The maximum Gasteiger partial charge on any atom is 0.0578 e. The lowest BCUT2D eigenvalue weighted by atomic mass is 9.62. The summed E-state index contributed by atoms with van der Waals surface area (Å²) < 4.78 is 6.18. The molecule has 1 nitrogen and oxygen atoms in total. The minimum Gasteiger partial charge on any atom is -0.378 e. The van der Waals surface area contributed by atoms with Crippen LogP contribution < -0.4 is 0 Å². The topological polar surface area (TPSA) is 9.23 Å². The van der Waals surface area contributed by atoms with Gasteiger partial charge in [-0.05, 0) is 111 Å². The van der Waals surface area contributed by atoms with Gasteiger partial charge in [0, 0.05) is 6.61 Å². The van der Waals surface area contributed by atoms with Gasteiger partial charge in [0.1, 0.15) is 0 Å². The summed E-state index contributed by atoms with van der Waals surface area (Å²) in [7, 11) is 0. The van der Waals surface area contributed by atoms with E-state index >= 15 is 0 Å². The van der Waals surface area contributed by atoms with E-state index in [1.807, 2.05) is 0 Å². The highest BCUT2D eigenvalue weighted by molar-refractivity contribution is 5.34. The summed E-state index contributed by atoms with van der Waals surface area (Å²) in [4.78, 5) is 0. The lowest BCUT2D eigenvalue weighted by Crippen LogP contribution is -2.37. The Hall–Kier alpha value is -0.820. The summed E-state index contributed by atoms with van der Waals surface area (Å²) in [6, 6.07) is 7.39. The van der Waals surface area contributed by atoms with E-state index in [2.05, 4.69) is 32.0 Å². The molecule has 1 heteroatoms. The molecule has 0 radical (unpaired) electrons. The van der Waals surface area contributed by atoms with Gasteiger partial charge in [-0.15, -0.1) is 0 Å². The maximum absolute atomic E-state index is 6.18. The molecule has 0 aromatic heterocycles. The molecule has 0 amide bonds. The molecule has 28 heavy (non-hydrogen) atoms. The molecule has 1 aromatic carbocycles. The van der Waals surface area contributed by atoms with E-state index in [4.69, 9.17) is 4.74 Å². The first kappa shape index (κ1) is 20.5. The van der Waals surface area contributed by atoms with Crippen LogP contribution >= 0.6 is 0 Å². The second-order valence-corrected chi connectivity index (χ2v) is 10.1. The molecular formula is C27H42O. The fourth-order valence-electron chi connectivity index (χ4n) is 6.54. The minimum absolute atomic E-state index is 0.572. The number of fused-ring (bicyclic) bond motifs is 2. The number of benzene rings is 1. The average Bonchev–Trinajstić information content (AvgIpc) is 2.73. The van der Waals surface area contributed by atoms with Crippen molar-refractivity contribution >= 4 is 0 Å². The van der Waals surface area contributed by atoms with Crippen LogP contribution in [0.4, 0.5) is 0 Å². The first-order valence-corrected chi connectivity index (χ1v) is 12.5. The van der Waals surface area contributed by atoms with Crippen LogP contribution in [0.5, 0.6) is 0 Å². The molecule has 3 aliphatic carbocycles. The molecule has 4 rings (SSSR count). The Morgan fingerprint density at radius 2 is 1.61 bits per heavy atom. The van der Waals surface area contributed by atoms with E-state index < -0.39 is 0 Å². The summed E-state index contributed by atoms with van der Waals surface area (Å²) in [5.74, 6) is 3.90. The first-order chi connectivity index (χ1) is 13.8. The van der Waals surface area contributed by atoms with E-state index in [1.54, 1.807) is 16.7 Å². The smallest absolute Gasteiger partial charge is 0.0578 e. The molecule has 5 unspecified atom stereocenters. The van der Waals surface area contributed by atoms with Gasteiger partial charge in [-0.25, -0.2) is 0 Å².